The first-order valence-corrected chi connectivity index (χ1v) is 12.4. The second-order valence-corrected chi connectivity index (χ2v) is 8.06. The van der Waals surface area contributed by atoms with E-state index in [1.54, 1.807) is 6.92 Å². The summed E-state index contributed by atoms with van der Waals surface area (Å²) in [5.41, 5.74) is 0. The van der Waals surface area contributed by atoms with Gasteiger partial charge >= 0.3 is 5.97 Å². The highest BCUT2D eigenvalue weighted by atomic mass is 16.4. The van der Waals surface area contributed by atoms with E-state index in [0.717, 1.165) is 0 Å². The van der Waals surface area contributed by atoms with E-state index in [0.29, 0.717) is 0 Å². The molecule has 42 heavy (non-hydrogen) atoms. The van der Waals surface area contributed by atoms with Crippen LogP contribution in [0.3, 0.4) is 0 Å². The van der Waals surface area contributed by atoms with E-state index in [1.165, 1.54) is 0 Å². The minimum atomic E-state index is -1.10. The second kappa shape index (κ2) is 21.5. The smallest absolute Gasteiger partial charge is 0.305 e. The zero-order chi connectivity index (χ0) is 31.9. The summed E-state index contributed by atoms with van der Waals surface area (Å²) < 4.78 is 0. The summed E-state index contributed by atoms with van der Waals surface area (Å²) in [6.45, 7) is -2.25. The molecule has 0 rings (SSSR count). The zero-order valence-corrected chi connectivity index (χ0v) is 22.8. The van der Waals surface area contributed by atoms with Gasteiger partial charge in [-0.2, -0.15) is 0 Å². The predicted molar refractivity (Wildman–Crippen MR) is 140 cm³/mol. The molecule has 234 valence electrons. The van der Waals surface area contributed by atoms with Crippen molar-refractivity contribution in [3.05, 3.63) is 0 Å². The van der Waals surface area contributed by atoms with Crippen LogP contribution in [0.15, 0.2) is 0 Å². The van der Waals surface area contributed by atoms with Crippen molar-refractivity contribution in [3.63, 3.8) is 0 Å². The molecule has 0 aliphatic heterocycles. The highest BCUT2D eigenvalue weighted by molar-refractivity contribution is 5.93. The van der Waals surface area contributed by atoms with Crippen LogP contribution in [-0.2, 0) is 47.9 Å². The van der Waals surface area contributed by atoms with Gasteiger partial charge in [-0.05, 0) is 0 Å². The van der Waals surface area contributed by atoms with Gasteiger partial charge in [-0.15, -0.1) is 0 Å². The Morgan fingerprint density at radius 2 is 0.595 bits per heavy atom. The lowest BCUT2D eigenvalue weighted by Gasteiger charge is -2.10. The maximum Gasteiger partial charge on any atom is 0.305 e. The lowest BCUT2D eigenvalue weighted by atomic mass is 10.4. The van der Waals surface area contributed by atoms with Crippen LogP contribution in [-0.4, -0.2) is 123 Å². The van der Waals surface area contributed by atoms with Gasteiger partial charge in [-0.3, -0.25) is 47.9 Å². The number of rotatable bonds is 20. The van der Waals surface area contributed by atoms with Gasteiger partial charge in [0, 0.05) is 13.0 Å². The fourth-order valence-electron chi connectivity index (χ4n) is 2.36. The first-order valence-electron chi connectivity index (χ1n) is 12.4. The molecule has 0 atom stereocenters. The molecule has 0 heterocycles. The van der Waals surface area contributed by atoms with Crippen LogP contribution in [0.4, 0.5) is 0 Å². The molecule has 0 saturated heterocycles. The third-order valence-electron chi connectivity index (χ3n) is 4.55. The van der Waals surface area contributed by atoms with Gasteiger partial charge < -0.3 is 53.0 Å². The molecule has 9 amide bonds. The summed E-state index contributed by atoms with van der Waals surface area (Å²) in [7, 11) is 0. The molecular formula is C22H35N9O11. The number of amides is 9. The van der Waals surface area contributed by atoms with Gasteiger partial charge in [0.05, 0.1) is 58.8 Å². The molecule has 0 aromatic carbocycles. The van der Waals surface area contributed by atoms with Gasteiger partial charge in [0.2, 0.25) is 53.2 Å². The van der Waals surface area contributed by atoms with E-state index in [9.17, 15) is 47.9 Å². The molecule has 0 saturated carbocycles. The molecule has 0 unspecified atom stereocenters. The molecule has 0 bridgehead atoms. The summed E-state index contributed by atoms with van der Waals surface area (Å²) in [6.07, 6.45) is -0.0825. The predicted octanol–water partition coefficient (Wildman–Crippen LogP) is -7.08. The summed E-state index contributed by atoms with van der Waals surface area (Å²) in [5, 5.41) is 28.5. The third kappa shape index (κ3) is 21.6. The van der Waals surface area contributed by atoms with Gasteiger partial charge in [0.15, 0.2) is 0 Å². The van der Waals surface area contributed by atoms with Crippen molar-refractivity contribution in [3.8, 4) is 0 Å². The van der Waals surface area contributed by atoms with Crippen molar-refractivity contribution in [2.75, 3.05) is 58.9 Å². The molecule has 0 fully saturated rings. The topological polar surface area (TPSA) is 299 Å². The molecule has 20 heteroatoms. The largest absolute Gasteiger partial charge is 0.481 e. The molecule has 0 aliphatic rings. The number of hydrogen-bond donors (Lipinski definition) is 10. The highest BCUT2D eigenvalue weighted by Gasteiger charge is 2.12. The Hall–Kier alpha value is -5.30. The molecule has 0 aliphatic carbocycles. The Morgan fingerprint density at radius 3 is 0.810 bits per heavy atom. The van der Waals surface area contributed by atoms with Crippen molar-refractivity contribution < 1.29 is 53.1 Å². The van der Waals surface area contributed by atoms with E-state index in [1.807, 2.05) is 0 Å². The first-order chi connectivity index (χ1) is 19.8. The van der Waals surface area contributed by atoms with Gasteiger partial charge in [0.1, 0.15) is 0 Å². The molecule has 0 radical (unpaired) electrons. The number of carboxylic acid groups (broad SMARTS) is 1. The van der Waals surface area contributed by atoms with E-state index in [2.05, 4.69) is 47.9 Å². The Morgan fingerprint density at radius 1 is 0.381 bits per heavy atom. The van der Waals surface area contributed by atoms with Gasteiger partial charge in [0.25, 0.3) is 0 Å². The van der Waals surface area contributed by atoms with Crippen molar-refractivity contribution in [2.45, 2.75) is 19.8 Å². The van der Waals surface area contributed by atoms with Crippen molar-refractivity contribution >= 4 is 59.1 Å². The van der Waals surface area contributed by atoms with Crippen LogP contribution in [0.25, 0.3) is 0 Å². The van der Waals surface area contributed by atoms with E-state index >= 15 is 0 Å². The average molecular weight is 602 g/mol. The molecule has 10 N–H and O–H groups in total. The van der Waals surface area contributed by atoms with Crippen LogP contribution in [0, 0.1) is 0 Å². The monoisotopic (exact) mass is 601 g/mol. The number of hydrogen-bond acceptors (Lipinski definition) is 10. The molecule has 0 spiro atoms. The molecule has 20 nitrogen and oxygen atoms in total. The SMILES string of the molecule is CCC(=O)NCC(=O)NCC(=O)NCC(=O)NCC(=O)NCC(=O)NCC(=O)NCC(=O)NCC(=O)NCCC(=O)O. The number of aliphatic carboxylic acids is 1. The Bertz CT molecular complexity index is 1030. The number of carbonyl (C=O) groups excluding carboxylic acids is 9. The molecule has 0 aromatic rings. The summed E-state index contributed by atoms with van der Waals surface area (Å²) in [5.74, 6) is -7.03. The maximum absolute atomic E-state index is 11.8. The van der Waals surface area contributed by atoms with Gasteiger partial charge in [-0.25, -0.2) is 0 Å². The van der Waals surface area contributed by atoms with Gasteiger partial charge in [-0.1, -0.05) is 6.92 Å². The van der Waals surface area contributed by atoms with Crippen molar-refractivity contribution in [1.82, 2.24) is 47.9 Å². The minimum Gasteiger partial charge on any atom is -0.481 e. The van der Waals surface area contributed by atoms with Crippen LogP contribution >= 0.6 is 0 Å². The fraction of sp³-hybridized carbons (Fsp3) is 0.545. The van der Waals surface area contributed by atoms with Crippen LogP contribution in [0.1, 0.15) is 19.8 Å². The minimum absolute atomic E-state index is 0.108. The summed E-state index contributed by atoms with van der Waals surface area (Å²) in [4.78, 5) is 115. The number of carbonyl (C=O) groups is 10. The van der Waals surface area contributed by atoms with Crippen molar-refractivity contribution in [1.29, 1.82) is 0 Å². The maximum atomic E-state index is 11.8. The van der Waals surface area contributed by atoms with E-state index in [-0.39, 0.29) is 31.8 Å². The van der Waals surface area contributed by atoms with E-state index < -0.39 is 99.0 Å². The zero-order valence-electron chi connectivity index (χ0n) is 22.8. The second-order valence-electron chi connectivity index (χ2n) is 8.06. The van der Waals surface area contributed by atoms with Crippen molar-refractivity contribution in [2.24, 2.45) is 0 Å². The number of carboxylic acids is 1. The van der Waals surface area contributed by atoms with E-state index in [4.69, 9.17) is 5.11 Å². The molecule has 0 aromatic heterocycles. The Balaban J connectivity index is 3.94. The summed E-state index contributed by atoms with van der Waals surface area (Å²) in [6, 6.07) is 0. The normalized spacial score (nSPS) is 9.74. The third-order valence-corrected chi connectivity index (χ3v) is 4.55. The standard InChI is InChI=1S/C22H35N9O11/c1-2-13(32)24-6-15(34)26-8-17(36)28-10-19(38)30-12-21(40)31-11-20(39)29-9-18(37)27-7-16(35)25-5-14(33)23-4-3-22(41)42/h2-12H2,1H3,(H,23,33)(H,24,32)(H,25,35)(H,26,34)(H,27,37)(H,28,36)(H,29,39)(H,30,38)(H,31,40)(H,41,42). The Labute approximate surface area is 239 Å². The fourth-order valence-corrected chi connectivity index (χ4v) is 2.36. The van der Waals surface area contributed by atoms with Crippen LogP contribution in [0.5, 0.6) is 0 Å². The first kappa shape index (κ1) is 36.7. The van der Waals surface area contributed by atoms with Crippen LogP contribution in [0.2, 0.25) is 0 Å². The van der Waals surface area contributed by atoms with Crippen LogP contribution < -0.4 is 47.9 Å². The highest BCUT2D eigenvalue weighted by Crippen LogP contribution is 1.77. The molecular weight excluding hydrogens is 566 g/mol. The average Bonchev–Trinajstić information content (AvgIpc) is 2.95. The quantitative estimate of drug-likeness (QED) is 0.0625. The number of nitrogens with one attached hydrogen (secondary N) is 9. The summed E-state index contributed by atoms with van der Waals surface area (Å²) >= 11 is 0. The lowest BCUT2D eigenvalue weighted by molar-refractivity contribution is -0.137. The Kier molecular flexibility index (Phi) is 18.8. The lowest BCUT2D eigenvalue weighted by Crippen LogP contribution is -2.47.